The summed E-state index contributed by atoms with van der Waals surface area (Å²) in [6, 6.07) is 13.1. The van der Waals surface area contributed by atoms with Crippen molar-refractivity contribution in [2.24, 2.45) is 5.92 Å². The molecule has 2 saturated heterocycles. The lowest BCUT2D eigenvalue weighted by atomic mass is 9.92. The number of aromatic carboxylic acids is 1. The normalized spacial score (nSPS) is 19.9. The van der Waals surface area contributed by atoms with Crippen molar-refractivity contribution >= 4 is 11.7 Å². The maximum Gasteiger partial charge on any atom is 0.335 e. The molecule has 1 spiro atoms. The number of carbonyl (C=O) groups is 1. The van der Waals surface area contributed by atoms with E-state index < -0.39 is 10.9 Å². The predicted molar refractivity (Wildman–Crippen MR) is 122 cm³/mol. The number of carboxylic acid groups (broad SMARTS) is 1. The van der Waals surface area contributed by atoms with Crippen LogP contribution in [0.3, 0.4) is 0 Å². The first-order valence-electron chi connectivity index (χ1n) is 10.9. The van der Waals surface area contributed by atoms with E-state index in [-0.39, 0.29) is 17.0 Å². The molecule has 178 valence electrons. The third-order valence-electron chi connectivity index (χ3n) is 5.87. The Kier molecular flexibility index (Phi) is 8.37. The molecule has 2 heterocycles. The van der Waals surface area contributed by atoms with Crippen LogP contribution in [0, 0.1) is 16.0 Å². The van der Waals surface area contributed by atoms with Gasteiger partial charge in [-0.05, 0) is 49.2 Å². The molecular weight excluding hydrogens is 428 g/mol. The Morgan fingerprint density at radius 2 is 1.82 bits per heavy atom. The first kappa shape index (κ1) is 24.6. The minimum atomic E-state index is -1.09. The number of nitro benzene ring substituents is 1. The number of nitrogens with zero attached hydrogens (tertiary/aromatic N) is 2. The van der Waals surface area contributed by atoms with E-state index in [4.69, 9.17) is 19.3 Å². The third-order valence-corrected chi connectivity index (χ3v) is 5.87. The van der Waals surface area contributed by atoms with E-state index in [2.05, 4.69) is 24.1 Å². The Morgan fingerprint density at radius 3 is 2.36 bits per heavy atom. The predicted octanol–water partition coefficient (Wildman–Crippen LogP) is 3.62. The van der Waals surface area contributed by atoms with Gasteiger partial charge in [0.2, 0.25) is 0 Å². The fraction of sp³-hybridized carbons (Fsp3) is 0.458. The monoisotopic (exact) mass is 458 g/mol. The Labute approximate surface area is 193 Å². The van der Waals surface area contributed by atoms with Crippen LogP contribution in [0.5, 0.6) is 5.75 Å². The third kappa shape index (κ3) is 6.98. The van der Waals surface area contributed by atoms with E-state index in [0.717, 1.165) is 63.4 Å². The van der Waals surface area contributed by atoms with Gasteiger partial charge in [0.05, 0.1) is 30.8 Å². The lowest BCUT2D eigenvalue weighted by Crippen LogP contribution is -2.33. The standard InChI is InChI=1S/C17H25NO3.C7H5NO4/c1-18-8-7-17(20-9-10-21-17)12-15(13-18)11-14-3-5-16(19-2)6-4-14;9-7(10)5-1-3-6(4-2-5)8(11)12/h3-6,15H,7-13H2,1-2H3;1-4H,(H,9,10). The van der Waals surface area contributed by atoms with Crippen LogP contribution in [0.4, 0.5) is 5.69 Å². The van der Waals surface area contributed by atoms with Gasteiger partial charge in [0.15, 0.2) is 5.79 Å². The van der Waals surface area contributed by atoms with Gasteiger partial charge >= 0.3 is 5.97 Å². The van der Waals surface area contributed by atoms with E-state index in [1.807, 2.05) is 12.1 Å². The number of likely N-dealkylation sites (tertiary alicyclic amines) is 1. The molecule has 33 heavy (non-hydrogen) atoms. The van der Waals surface area contributed by atoms with E-state index in [1.165, 1.54) is 17.7 Å². The molecule has 2 aliphatic rings. The highest BCUT2D eigenvalue weighted by Crippen LogP contribution is 2.35. The minimum absolute atomic E-state index is 0.0422. The molecule has 4 rings (SSSR count). The SMILES string of the molecule is COc1ccc(CC2CN(C)CCC3(C2)OCCO3)cc1.O=C(O)c1ccc([N+](=O)[O-])cc1. The van der Waals surface area contributed by atoms with E-state index in [0.29, 0.717) is 5.92 Å². The molecule has 2 aromatic carbocycles. The highest BCUT2D eigenvalue weighted by atomic mass is 16.7. The topological polar surface area (TPSA) is 111 Å². The lowest BCUT2D eigenvalue weighted by molar-refractivity contribution is -0.384. The minimum Gasteiger partial charge on any atom is -0.497 e. The average molecular weight is 459 g/mol. The molecule has 2 aliphatic heterocycles. The zero-order valence-electron chi connectivity index (χ0n) is 18.9. The molecule has 2 aromatic rings. The summed E-state index contributed by atoms with van der Waals surface area (Å²) in [7, 11) is 3.89. The molecule has 0 aromatic heterocycles. The summed E-state index contributed by atoms with van der Waals surface area (Å²) in [5.41, 5.74) is 1.28. The van der Waals surface area contributed by atoms with Crippen LogP contribution >= 0.6 is 0 Å². The number of methoxy groups -OCH3 is 1. The summed E-state index contributed by atoms with van der Waals surface area (Å²) in [6.07, 6.45) is 3.02. The van der Waals surface area contributed by atoms with Crippen molar-refractivity contribution in [1.82, 2.24) is 4.90 Å². The molecule has 1 N–H and O–H groups in total. The number of hydrogen-bond donors (Lipinski definition) is 1. The van der Waals surface area contributed by atoms with Crippen molar-refractivity contribution in [2.75, 3.05) is 40.5 Å². The molecule has 1 atom stereocenters. The van der Waals surface area contributed by atoms with Crippen molar-refractivity contribution in [3.05, 3.63) is 69.8 Å². The molecule has 1 unspecified atom stereocenters. The fourth-order valence-corrected chi connectivity index (χ4v) is 4.22. The Bertz CT molecular complexity index is 892. The Hall–Kier alpha value is -3.01. The number of non-ortho nitro benzene ring substituents is 1. The first-order chi connectivity index (χ1) is 15.8. The number of rotatable bonds is 5. The maximum absolute atomic E-state index is 10.3. The summed E-state index contributed by atoms with van der Waals surface area (Å²) < 4.78 is 17.1. The van der Waals surface area contributed by atoms with Gasteiger partial charge in [-0.2, -0.15) is 0 Å². The van der Waals surface area contributed by atoms with Crippen molar-refractivity contribution in [3.63, 3.8) is 0 Å². The van der Waals surface area contributed by atoms with Crippen LogP contribution in [0.1, 0.15) is 28.8 Å². The number of ether oxygens (including phenoxy) is 3. The van der Waals surface area contributed by atoms with E-state index in [9.17, 15) is 14.9 Å². The Morgan fingerprint density at radius 1 is 1.18 bits per heavy atom. The molecule has 2 fully saturated rings. The van der Waals surface area contributed by atoms with E-state index >= 15 is 0 Å². The van der Waals surface area contributed by atoms with Crippen molar-refractivity contribution in [2.45, 2.75) is 25.0 Å². The summed E-state index contributed by atoms with van der Waals surface area (Å²) in [4.78, 5) is 22.3. The molecule has 9 nitrogen and oxygen atoms in total. The highest BCUT2D eigenvalue weighted by Gasteiger charge is 2.40. The largest absolute Gasteiger partial charge is 0.497 e. The first-order valence-corrected chi connectivity index (χ1v) is 10.9. The summed E-state index contributed by atoms with van der Waals surface area (Å²) in [5.74, 6) is 0.0478. The number of hydrogen-bond acceptors (Lipinski definition) is 7. The fourth-order valence-electron chi connectivity index (χ4n) is 4.22. The second-order valence-electron chi connectivity index (χ2n) is 8.35. The van der Waals surface area contributed by atoms with Crippen molar-refractivity contribution in [3.8, 4) is 5.75 Å². The maximum atomic E-state index is 10.3. The van der Waals surface area contributed by atoms with E-state index in [1.54, 1.807) is 7.11 Å². The van der Waals surface area contributed by atoms with Gasteiger partial charge in [0.1, 0.15) is 5.75 Å². The summed E-state index contributed by atoms with van der Waals surface area (Å²) >= 11 is 0. The van der Waals surface area contributed by atoms with Crippen molar-refractivity contribution in [1.29, 1.82) is 0 Å². The Balaban J connectivity index is 0.000000218. The van der Waals surface area contributed by atoms with Gasteiger partial charge in [0.25, 0.3) is 5.69 Å². The van der Waals surface area contributed by atoms with Crippen molar-refractivity contribution < 1.29 is 29.0 Å². The van der Waals surface area contributed by atoms with Crippen LogP contribution in [0.25, 0.3) is 0 Å². The highest BCUT2D eigenvalue weighted by molar-refractivity contribution is 5.87. The molecular formula is C24H30N2O7. The molecule has 0 saturated carbocycles. The lowest BCUT2D eigenvalue weighted by Gasteiger charge is -2.28. The molecule has 9 heteroatoms. The van der Waals surface area contributed by atoms with Crippen LogP contribution in [-0.2, 0) is 15.9 Å². The van der Waals surface area contributed by atoms with Crippen LogP contribution in [-0.4, -0.2) is 67.1 Å². The number of carboxylic acids is 1. The second kappa shape index (κ2) is 11.2. The summed E-state index contributed by atoms with van der Waals surface area (Å²) in [6.45, 7) is 3.61. The van der Waals surface area contributed by atoms with Crippen LogP contribution in [0.15, 0.2) is 48.5 Å². The zero-order chi connectivity index (χ0) is 23.8. The number of nitro groups is 1. The second-order valence-corrected chi connectivity index (χ2v) is 8.35. The van der Waals surface area contributed by atoms with Gasteiger partial charge < -0.3 is 24.2 Å². The average Bonchev–Trinajstić information content (AvgIpc) is 3.20. The quantitative estimate of drug-likeness (QED) is 0.534. The van der Waals surface area contributed by atoms with Crippen LogP contribution < -0.4 is 4.74 Å². The van der Waals surface area contributed by atoms with Gasteiger partial charge in [0, 0.05) is 38.1 Å². The summed E-state index contributed by atoms with van der Waals surface area (Å²) in [5, 5.41) is 18.6. The van der Waals surface area contributed by atoms with Crippen LogP contribution in [0.2, 0.25) is 0 Å². The van der Waals surface area contributed by atoms with Gasteiger partial charge in [-0.15, -0.1) is 0 Å². The smallest absolute Gasteiger partial charge is 0.335 e. The molecule has 0 aliphatic carbocycles. The van der Waals surface area contributed by atoms with Gasteiger partial charge in [-0.1, -0.05) is 12.1 Å². The van der Waals surface area contributed by atoms with Gasteiger partial charge in [-0.3, -0.25) is 10.1 Å². The zero-order valence-corrected chi connectivity index (χ0v) is 18.9. The molecule has 0 bridgehead atoms. The number of benzene rings is 2. The molecule has 0 amide bonds. The van der Waals surface area contributed by atoms with Gasteiger partial charge in [-0.25, -0.2) is 4.79 Å². The molecule has 0 radical (unpaired) electrons.